The molecule has 3 rings (SSSR count). The van der Waals surface area contributed by atoms with Crippen molar-refractivity contribution in [1.82, 2.24) is 4.57 Å². The molecule has 0 aliphatic carbocycles. The van der Waals surface area contributed by atoms with E-state index in [1.54, 1.807) is 28.2 Å². The van der Waals surface area contributed by atoms with Crippen molar-refractivity contribution in [2.45, 2.75) is 15.6 Å². The van der Waals surface area contributed by atoms with Gasteiger partial charge in [0.15, 0.2) is 9.84 Å². The molecule has 0 atom stereocenters. The van der Waals surface area contributed by atoms with E-state index in [4.69, 9.17) is 0 Å². The smallest absolute Gasteiger partial charge is 0.294 e. The van der Waals surface area contributed by atoms with Crippen LogP contribution in [-0.2, 0) is 26.4 Å². The number of aromatic nitrogens is 1. The quantitative estimate of drug-likeness (QED) is 0.601. The first kappa shape index (κ1) is 18.1. The SMILES string of the molecule is C=CCn1c(=NS(=O)(=O)c2cccs2)sc2cc(S(C)(=O)=O)ccc21. The molecule has 0 saturated carbocycles. The monoisotopic (exact) mass is 414 g/mol. The number of fused-ring (bicyclic) bond motifs is 1. The van der Waals surface area contributed by atoms with Crippen molar-refractivity contribution < 1.29 is 16.8 Å². The molecule has 3 aromatic rings. The summed E-state index contributed by atoms with van der Waals surface area (Å²) in [5.41, 5.74) is 0.706. The van der Waals surface area contributed by atoms with Crippen molar-refractivity contribution in [3.63, 3.8) is 0 Å². The van der Waals surface area contributed by atoms with Gasteiger partial charge in [0.2, 0.25) is 4.80 Å². The third-order valence-electron chi connectivity index (χ3n) is 3.34. The number of thiophene rings is 1. The van der Waals surface area contributed by atoms with Crippen LogP contribution in [0, 0.1) is 0 Å². The van der Waals surface area contributed by atoms with E-state index in [1.165, 1.54) is 18.2 Å². The van der Waals surface area contributed by atoms with Gasteiger partial charge in [0.25, 0.3) is 10.0 Å². The van der Waals surface area contributed by atoms with Crippen LogP contribution in [-0.4, -0.2) is 27.7 Å². The molecule has 0 fully saturated rings. The molecule has 0 N–H and O–H groups in total. The first-order chi connectivity index (χ1) is 11.7. The minimum Gasteiger partial charge on any atom is -0.312 e. The fourth-order valence-corrected chi connectivity index (χ4v) is 6.19. The molecule has 6 nitrogen and oxygen atoms in total. The summed E-state index contributed by atoms with van der Waals surface area (Å²) in [6.07, 6.45) is 2.76. The molecule has 0 bridgehead atoms. The summed E-state index contributed by atoms with van der Waals surface area (Å²) in [5.74, 6) is 0. The van der Waals surface area contributed by atoms with E-state index >= 15 is 0 Å². The lowest BCUT2D eigenvalue weighted by Crippen LogP contribution is -2.16. The number of rotatable bonds is 5. The lowest BCUT2D eigenvalue weighted by molar-refractivity contribution is 0.597. The molecule has 0 radical (unpaired) electrons. The maximum Gasteiger partial charge on any atom is 0.294 e. The van der Waals surface area contributed by atoms with Crippen molar-refractivity contribution in [3.05, 3.63) is 53.2 Å². The third-order valence-corrected chi connectivity index (χ3v) is 8.25. The van der Waals surface area contributed by atoms with Gasteiger partial charge in [-0.1, -0.05) is 23.5 Å². The minimum absolute atomic E-state index is 0.159. The molecule has 0 aliphatic heterocycles. The molecule has 2 heterocycles. The molecule has 132 valence electrons. The average molecular weight is 415 g/mol. The minimum atomic E-state index is -3.82. The normalized spacial score (nSPS) is 13.4. The Labute approximate surface area is 153 Å². The van der Waals surface area contributed by atoms with Crippen molar-refractivity contribution in [2.24, 2.45) is 4.40 Å². The van der Waals surface area contributed by atoms with E-state index in [1.807, 2.05) is 0 Å². The highest BCUT2D eigenvalue weighted by Crippen LogP contribution is 2.23. The Bertz CT molecular complexity index is 1210. The van der Waals surface area contributed by atoms with Crippen LogP contribution in [0.2, 0.25) is 0 Å². The second-order valence-electron chi connectivity index (χ2n) is 5.18. The second-order valence-corrected chi connectivity index (χ2v) is 11.0. The standard InChI is InChI=1S/C15H14N2O4S4/c1-3-8-17-12-7-6-11(24(2,18)19)10-13(12)23-15(17)16-25(20,21)14-5-4-9-22-14/h3-7,9-10H,1,8H2,2H3. The van der Waals surface area contributed by atoms with Gasteiger partial charge < -0.3 is 4.57 Å². The van der Waals surface area contributed by atoms with Gasteiger partial charge in [-0.3, -0.25) is 0 Å². The summed E-state index contributed by atoms with van der Waals surface area (Å²) >= 11 is 2.22. The predicted molar refractivity (Wildman–Crippen MR) is 100 cm³/mol. The van der Waals surface area contributed by atoms with Gasteiger partial charge in [-0.25, -0.2) is 8.42 Å². The number of sulfonamides is 1. The van der Waals surface area contributed by atoms with Crippen LogP contribution >= 0.6 is 22.7 Å². The van der Waals surface area contributed by atoms with Crippen LogP contribution in [0.15, 0.2) is 61.9 Å². The number of sulfone groups is 1. The van der Waals surface area contributed by atoms with Gasteiger partial charge in [-0.2, -0.15) is 8.42 Å². The summed E-state index contributed by atoms with van der Waals surface area (Å²) in [6.45, 7) is 4.04. The van der Waals surface area contributed by atoms with Crippen LogP contribution in [0.4, 0.5) is 0 Å². The summed E-state index contributed by atoms with van der Waals surface area (Å²) in [7, 11) is -7.17. The Morgan fingerprint density at radius 2 is 2.00 bits per heavy atom. The van der Waals surface area contributed by atoms with Gasteiger partial charge in [0.05, 0.1) is 15.1 Å². The zero-order valence-electron chi connectivity index (χ0n) is 13.1. The summed E-state index contributed by atoms with van der Waals surface area (Å²) < 4.78 is 54.8. The lowest BCUT2D eigenvalue weighted by atomic mass is 10.3. The Morgan fingerprint density at radius 1 is 1.24 bits per heavy atom. The highest BCUT2D eigenvalue weighted by Gasteiger charge is 2.16. The number of hydrogen-bond donors (Lipinski definition) is 0. The third kappa shape index (κ3) is 3.61. The highest BCUT2D eigenvalue weighted by atomic mass is 32.2. The van der Waals surface area contributed by atoms with Crippen LogP contribution in [0.3, 0.4) is 0 Å². The van der Waals surface area contributed by atoms with Crippen molar-refractivity contribution in [2.75, 3.05) is 6.26 Å². The molecule has 1 aromatic carbocycles. The van der Waals surface area contributed by atoms with Crippen molar-refractivity contribution in [3.8, 4) is 0 Å². The van der Waals surface area contributed by atoms with Crippen molar-refractivity contribution in [1.29, 1.82) is 0 Å². The molecule has 0 amide bonds. The van der Waals surface area contributed by atoms with Crippen LogP contribution in [0.1, 0.15) is 0 Å². The molecule has 25 heavy (non-hydrogen) atoms. The second kappa shape index (κ2) is 6.52. The Kier molecular flexibility index (Phi) is 4.71. The fourth-order valence-electron chi connectivity index (χ4n) is 2.22. The number of allylic oxidation sites excluding steroid dienone is 1. The number of hydrogen-bond acceptors (Lipinski definition) is 6. The molecular weight excluding hydrogens is 400 g/mol. The van der Waals surface area contributed by atoms with E-state index in [9.17, 15) is 16.8 Å². The van der Waals surface area contributed by atoms with Gasteiger partial charge in [0, 0.05) is 12.8 Å². The molecule has 0 aliphatic rings. The summed E-state index contributed by atoms with van der Waals surface area (Å²) in [5, 5.41) is 1.67. The highest BCUT2D eigenvalue weighted by molar-refractivity contribution is 7.92. The Morgan fingerprint density at radius 3 is 2.60 bits per heavy atom. The number of thiazole rings is 1. The van der Waals surface area contributed by atoms with Gasteiger partial charge in [-0.05, 0) is 29.6 Å². The number of nitrogens with zero attached hydrogens (tertiary/aromatic N) is 2. The van der Waals surface area contributed by atoms with E-state index in [0.29, 0.717) is 16.8 Å². The van der Waals surface area contributed by atoms with E-state index in [2.05, 4.69) is 11.0 Å². The van der Waals surface area contributed by atoms with Crippen LogP contribution in [0.25, 0.3) is 10.2 Å². The topological polar surface area (TPSA) is 85.6 Å². The largest absolute Gasteiger partial charge is 0.312 e. The number of benzene rings is 1. The Balaban J connectivity index is 2.29. The van der Waals surface area contributed by atoms with E-state index < -0.39 is 19.9 Å². The van der Waals surface area contributed by atoms with Gasteiger partial charge in [0.1, 0.15) is 4.21 Å². The molecule has 0 spiro atoms. The van der Waals surface area contributed by atoms with Gasteiger partial charge >= 0.3 is 0 Å². The molecular formula is C15H14N2O4S4. The van der Waals surface area contributed by atoms with E-state index in [0.717, 1.165) is 28.9 Å². The fraction of sp³-hybridized carbons (Fsp3) is 0.133. The zero-order chi connectivity index (χ0) is 18.2. The predicted octanol–water partition coefficient (Wildman–Crippen LogP) is 2.64. The Hall–Kier alpha value is -1.75. The van der Waals surface area contributed by atoms with Crippen molar-refractivity contribution >= 4 is 52.8 Å². The zero-order valence-corrected chi connectivity index (χ0v) is 16.4. The molecule has 0 unspecified atom stereocenters. The maximum atomic E-state index is 12.4. The first-order valence-electron chi connectivity index (χ1n) is 7.01. The first-order valence-corrected chi connectivity index (χ1v) is 12.0. The van der Waals surface area contributed by atoms with Crippen LogP contribution in [0.5, 0.6) is 0 Å². The maximum absolute atomic E-state index is 12.4. The average Bonchev–Trinajstić information content (AvgIpc) is 3.15. The van der Waals surface area contributed by atoms with Gasteiger partial charge in [-0.15, -0.1) is 22.3 Å². The summed E-state index contributed by atoms with van der Waals surface area (Å²) in [6, 6.07) is 7.83. The lowest BCUT2D eigenvalue weighted by Gasteiger charge is -2.02. The van der Waals surface area contributed by atoms with Crippen LogP contribution < -0.4 is 4.80 Å². The molecule has 2 aromatic heterocycles. The molecule has 0 saturated heterocycles. The summed E-state index contributed by atoms with van der Waals surface area (Å²) in [4.78, 5) is 0.452. The van der Waals surface area contributed by atoms with E-state index in [-0.39, 0.29) is 13.9 Å². The molecule has 10 heteroatoms.